The van der Waals surface area contributed by atoms with Gasteiger partial charge in [-0.1, -0.05) is 30.3 Å². The topological polar surface area (TPSA) is 148 Å². The standard InChI is InChI=1S/C30H33N4O7P/c1-19(35)33-15-14-24-11-13-27(30(38)32(2)23-6-4-3-5-7-23)34(24)29(37)26(18-33)31-28(36)22-9-8-21-17-25(42(39,40)41)12-10-20(21)16-22/h3-10,12,16-17,24,26-27H,11,13-15,18H2,1-2H3,(H,31,36)(H2,39,40,41)/t24-,26+,27+/m1/s1. The molecule has 0 spiro atoms. The van der Waals surface area contributed by atoms with Crippen molar-refractivity contribution in [1.82, 2.24) is 15.1 Å². The molecule has 3 atom stereocenters. The average molecular weight is 593 g/mol. The predicted octanol–water partition coefficient (Wildman–Crippen LogP) is 2.02. The lowest BCUT2D eigenvalue weighted by Crippen LogP contribution is -2.61. The summed E-state index contributed by atoms with van der Waals surface area (Å²) in [6.45, 7) is 1.79. The normalized spacial score (nSPS) is 21.0. The Morgan fingerprint density at radius 1 is 0.952 bits per heavy atom. The zero-order chi connectivity index (χ0) is 30.2. The number of anilines is 1. The summed E-state index contributed by atoms with van der Waals surface area (Å²) < 4.78 is 11.6. The predicted molar refractivity (Wildman–Crippen MR) is 157 cm³/mol. The fourth-order valence-corrected chi connectivity index (χ4v) is 6.39. The van der Waals surface area contributed by atoms with Crippen LogP contribution >= 0.6 is 7.60 Å². The van der Waals surface area contributed by atoms with E-state index in [2.05, 4.69) is 5.32 Å². The van der Waals surface area contributed by atoms with Gasteiger partial charge in [-0.15, -0.1) is 0 Å². The van der Waals surface area contributed by atoms with Gasteiger partial charge in [0.25, 0.3) is 5.91 Å². The van der Waals surface area contributed by atoms with Gasteiger partial charge in [0.05, 0.1) is 5.30 Å². The molecule has 3 aromatic rings. The summed E-state index contributed by atoms with van der Waals surface area (Å²) in [6, 6.07) is 16.0. The van der Waals surface area contributed by atoms with Gasteiger partial charge >= 0.3 is 7.60 Å². The summed E-state index contributed by atoms with van der Waals surface area (Å²) in [5.41, 5.74) is 0.951. The number of carbonyl (C=O) groups is 4. The molecule has 0 radical (unpaired) electrons. The Balaban J connectivity index is 1.41. The van der Waals surface area contributed by atoms with Crippen molar-refractivity contribution in [3.05, 3.63) is 72.3 Å². The van der Waals surface area contributed by atoms with Crippen molar-refractivity contribution >= 4 is 53.0 Å². The molecule has 12 heteroatoms. The number of para-hydroxylation sites is 1. The van der Waals surface area contributed by atoms with Crippen LogP contribution in [0.15, 0.2) is 66.7 Å². The molecule has 0 bridgehead atoms. The van der Waals surface area contributed by atoms with Crippen LogP contribution in [0.25, 0.3) is 10.8 Å². The van der Waals surface area contributed by atoms with E-state index in [1.807, 2.05) is 30.3 Å². The molecule has 0 unspecified atom stereocenters. The minimum atomic E-state index is -4.43. The second-order valence-electron chi connectivity index (χ2n) is 10.8. The number of amides is 4. The van der Waals surface area contributed by atoms with Crippen LogP contribution in [0.5, 0.6) is 0 Å². The van der Waals surface area contributed by atoms with Gasteiger partial charge in [0, 0.05) is 44.4 Å². The van der Waals surface area contributed by atoms with Gasteiger partial charge in [-0.2, -0.15) is 0 Å². The van der Waals surface area contributed by atoms with Crippen molar-refractivity contribution in [1.29, 1.82) is 0 Å². The highest BCUT2D eigenvalue weighted by Crippen LogP contribution is 2.34. The maximum absolute atomic E-state index is 14.1. The van der Waals surface area contributed by atoms with Gasteiger partial charge in [-0.05, 0) is 66.4 Å². The molecule has 2 heterocycles. The lowest BCUT2D eigenvalue weighted by molar-refractivity contribution is -0.144. The fraction of sp³-hybridized carbons (Fsp3) is 0.333. The van der Waals surface area contributed by atoms with E-state index in [0.717, 1.165) is 0 Å². The molecular weight excluding hydrogens is 559 g/mol. The number of nitrogens with zero attached hydrogens (tertiary/aromatic N) is 3. The first kappa shape index (κ1) is 29.4. The molecule has 0 saturated carbocycles. The summed E-state index contributed by atoms with van der Waals surface area (Å²) in [5, 5.41) is 3.80. The smallest absolute Gasteiger partial charge is 0.340 e. The Bertz CT molecular complexity index is 1590. The molecule has 42 heavy (non-hydrogen) atoms. The lowest BCUT2D eigenvalue weighted by Gasteiger charge is -2.39. The Morgan fingerprint density at radius 2 is 1.64 bits per heavy atom. The Labute approximate surface area is 243 Å². The zero-order valence-electron chi connectivity index (χ0n) is 23.3. The quantitative estimate of drug-likeness (QED) is 0.384. The van der Waals surface area contributed by atoms with Crippen molar-refractivity contribution in [2.45, 2.75) is 44.3 Å². The van der Waals surface area contributed by atoms with E-state index in [-0.39, 0.29) is 35.3 Å². The number of benzene rings is 3. The second-order valence-corrected chi connectivity index (χ2v) is 12.4. The van der Waals surface area contributed by atoms with Crippen molar-refractivity contribution in [2.24, 2.45) is 0 Å². The van der Waals surface area contributed by atoms with Crippen LogP contribution in [-0.4, -0.2) is 81.5 Å². The number of hydrogen-bond donors (Lipinski definition) is 3. The van der Waals surface area contributed by atoms with Crippen LogP contribution in [-0.2, 0) is 18.9 Å². The van der Waals surface area contributed by atoms with E-state index < -0.39 is 31.5 Å². The largest absolute Gasteiger partial charge is 0.356 e. The van der Waals surface area contributed by atoms with E-state index in [0.29, 0.717) is 42.3 Å². The summed E-state index contributed by atoms with van der Waals surface area (Å²) in [4.78, 5) is 77.1. The molecule has 0 aromatic heterocycles. The fourth-order valence-electron chi connectivity index (χ4n) is 5.81. The number of nitrogens with one attached hydrogen (secondary N) is 1. The number of likely N-dealkylation sites (N-methyl/N-ethyl adjacent to an activating group) is 1. The highest BCUT2D eigenvalue weighted by atomic mass is 31.2. The lowest BCUT2D eigenvalue weighted by atomic mass is 10.0. The second kappa shape index (κ2) is 11.7. The summed E-state index contributed by atoms with van der Waals surface area (Å²) in [6.07, 6.45) is 1.62. The van der Waals surface area contributed by atoms with E-state index in [1.54, 1.807) is 33.9 Å². The maximum atomic E-state index is 14.1. The van der Waals surface area contributed by atoms with Crippen LogP contribution in [0, 0.1) is 0 Å². The van der Waals surface area contributed by atoms with Crippen LogP contribution in [0.1, 0.15) is 36.5 Å². The highest BCUT2D eigenvalue weighted by molar-refractivity contribution is 7.60. The molecule has 11 nitrogen and oxygen atoms in total. The first-order valence-corrected chi connectivity index (χ1v) is 15.4. The van der Waals surface area contributed by atoms with E-state index >= 15 is 0 Å². The van der Waals surface area contributed by atoms with Gasteiger partial charge in [0.2, 0.25) is 17.7 Å². The van der Waals surface area contributed by atoms with E-state index in [4.69, 9.17) is 0 Å². The van der Waals surface area contributed by atoms with Crippen molar-refractivity contribution in [3.8, 4) is 0 Å². The first-order valence-electron chi connectivity index (χ1n) is 13.7. The van der Waals surface area contributed by atoms with Gasteiger partial charge in [-0.3, -0.25) is 23.7 Å². The number of fused-ring (bicyclic) bond motifs is 2. The van der Waals surface area contributed by atoms with Gasteiger partial charge in [0.15, 0.2) is 0 Å². The molecule has 4 amide bonds. The van der Waals surface area contributed by atoms with Gasteiger partial charge in [0.1, 0.15) is 12.1 Å². The van der Waals surface area contributed by atoms with E-state index in [1.165, 1.54) is 31.2 Å². The van der Waals surface area contributed by atoms with Crippen molar-refractivity contribution < 1.29 is 33.5 Å². The molecule has 0 aliphatic carbocycles. The van der Waals surface area contributed by atoms with Crippen molar-refractivity contribution in [3.63, 3.8) is 0 Å². The monoisotopic (exact) mass is 592 g/mol. The number of carbonyl (C=O) groups excluding carboxylic acids is 4. The maximum Gasteiger partial charge on any atom is 0.356 e. The number of hydrogen-bond acceptors (Lipinski definition) is 5. The molecule has 2 aliphatic heterocycles. The summed E-state index contributed by atoms with van der Waals surface area (Å²) in [5.74, 6) is -1.38. The third-order valence-corrected chi connectivity index (χ3v) is 9.07. The third kappa shape index (κ3) is 5.94. The van der Waals surface area contributed by atoms with Gasteiger partial charge < -0.3 is 29.8 Å². The van der Waals surface area contributed by atoms with Gasteiger partial charge in [-0.25, -0.2) is 0 Å². The SMILES string of the molecule is CC(=O)N1CC[C@H]2CC[C@@H](C(=O)N(C)c3ccccc3)N2C(=O)[C@@H](NC(=O)c2ccc3cc(P(=O)(O)O)ccc3c2)C1. The average Bonchev–Trinajstić information content (AvgIpc) is 3.39. The zero-order valence-corrected chi connectivity index (χ0v) is 24.2. The molecule has 220 valence electrons. The Morgan fingerprint density at radius 3 is 2.33 bits per heavy atom. The van der Waals surface area contributed by atoms with Crippen molar-refractivity contribution in [2.75, 3.05) is 25.0 Å². The summed E-state index contributed by atoms with van der Waals surface area (Å²) in [7, 11) is -2.75. The van der Waals surface area contributed by atoms with Crippen LogP contribution in [0.2, 0.25) is 0 Å². The molecule has 3 N–H and O–H groups in total. The van der Waals surface area contributed by atoms with Crippen LogP contribution < -0.4 is 15.5 Å². The molecule has 5 rings (SSSR count). The third-order valence-electron chi connectivity index (χ3n) is 8.12. The molecule has 2 aliphatic rings. The molecular formula is C30H33N4O7P. The van der Waals surface area contributed by atoms with Crippen LogP contribution in [0.4, 0.5) is 5.69 Å². The minimum absolute atomic E-state index is 0.0300. The van der Waals surface area contributed by atoms with E-state index in [9.17, 15) is 33.5 Å². The highest BCUT2D eigenvalue weighted by Gasteiger charge is 2.46. The molecule has 2 saturated heterocycles. The first-order chi connectivity index (χ1) is 19.9. The Hall–Kier alpha value is -4.05. The summed E-state index contributed by atoms with van der Waals surface area (Å²) >= 11 is 0. The molecule has 3 aromatic carbocycles. The molecule has 2 fully saturated rings. The van der Waals surface area contributed by atoms with Crippen LogP contribution in [0.3, 0.4) is 0 Å². The number of rotatable bonds is 5. The Kier molecular flexibility index (Phi) is 8.19. The minimum Gasteiger partial charge on any atom is -0.340 e.